The number of carbonyl (C=O) groups is 1. The van der Waals surface area contributed by atoms with Crippen molar-refractivity contribution in [1.29, 1.82) is 0 Å². The molecule has 3 rings (SSSR count). The molecule has 1 aromatic heterocycles. The monoisotopic (exact) mass is 296 g/mol. The van der Waals surface area contributed by atoms with E-state index in [0.29, 0.717) is 23.0 Å². The van der Waals surface area contributed by atoms with E-state index in [1.165, 1.54) is 0 Å². The summed E-state index contributed by atoms with van der Waals surface area (Å²) in [4.78, 5) is 11.3. The van der Waals surface area contributed by atoms with Crippen LogP contribution < -0.4 is 0 Å². The summed E-state index contributed by atoms with van der Waals surface area (Å²) < 4.78 is 1.66. The first-order chi connectivity index (χ1) is 10.3. The number of carbonyl (C=O) groups excluding carboxylic acids is 1. The third-order valence-corrected chi connectivity index (χ3v) is 3.66. The van der Waals surface area contributed by atoms with Crippen molar-refractivity contribution in [2.75, 3.05) is 0 Å². The Balaban J connectivity index is 2.04. The minimum absolute atomic E-state index is 0.368. The van der Waals surface area contributed by atoms with Crippen molar-refractivity contribution < 1.29 is 4.79 Å². The molecule has 0 amide bonds. The van der Waals surface area contributed by atoms with Crippen molar-refractivity contribution in [2.45, 2.75) is 6.54 Å². The van der Waals surface area contributed by atoms with Gasteiger partial charge in [-0.3, -0.25) is 4.79 Å². The van der Waals surface area contributed by atoms with E-state index < -0.39 is 0 Å². The van der Waals surface area contributed by atoms with Gasteiger partial charge in [-0.2, -0.15) is 5.10 Å². The van der Waals surface area contributed by atoms with Crippen LogP contribution in [0.2, 0.25) is 5.15 Å². The topological polar surface area (TPSA) is 34.9 Å². The van der Waals surface area contributed by atoms with Crippen molar-refractivity contribution in [3.8, 4) is 11.3 Å². The summed E-state index contributed by atoms with van der Waals surface area (Å²) in [5, 5.41) is 4.87. The van der Waals surface area contributed by atoms with Crippen LogP contribution in [0.15, 0.2) is 60.7 Å². The number of aldehydes is 1. The molecule has 3 nitrogen and oxygen atoms in total. The van der Waals surface area contributed by atoms with E-state index >= 15 is 0 Å². The van der Waals surface area contributed by atoms with Crippen LogP contribution >= 0.6 is 11.6 Å². The zero-order valence-electron chi connectivity index (χ0n) is 11.2. The van der Waals surface area contributed by atoms with Crippen LogP contribution in [0.25, 0.3) is 11.3 Å². The molecule has 0 N–H and O–H groups in total. The van der Waals surface area contributed by atoms with Gasteiger partial charge in [-0.15, -0.1) is 0 Å². The van der Waals surface area contributed by atoms with Crippen molar-refractivity contribution in [2.24, 2.45) is 0 Å². The van der Waals surface area contributed by atoms with Gasteiger partial charge in [0.25, 0.3) is 0 Å². The molecule has 4 heteroatoms. The van der Waals surface area contributed by atoms with Gasteiger partial charge in [0, 0.05) is 5.56 Å². The second kappa shape index (κ2) is 5.94. The number of halogens is 1. The molecule has 0 aliphatic rings. The highest BCUT2D eigenvalue weighted by molar-refractivity contribution is 6.32. The van der Waals surface area contributed by atoms with E-state index in [1.54, 1.807) is 4.68 Å². The lowest BCUT2D eigenvalue weighted by atomic mass is 10.1. The van der Waals surface area contributed by atoms with E-state index in [-0.39, 0.29) is 0 Å². The minimum Gasteiger partial charge on any atom is -0.298 e. The second-order valence-electron chi connectivity index (χ2n) is 4.68. The van der Waals surface area contributed by atoms with Gasteiger partial charge < -0.3 is 0 Å². The van der Waals surface area contributed by atoms with Gasteiger partial charge in [-0.05, 0) is 5.56 Å². The number of aromatic nitrogens is 2. The molecule has 0 atom stereocenters. The molecule has 0 saturated carbocycles. The van der Waals surface area contributed by atoms with Crippen LogP contribution in [0.3, 0.4) is 0 Å². The first kappa shape index (κ1) is 13.6. The molecule has 0 fully saturated rings. The zero-order chi connectivity index (χ0) is 14.7. The molecule has 0 aliphatic heterocycles. The van der Waals surface area contributed by atoms with E-state index in [1.807, 2.05) is 60.7 Å². The zero-order valence-corrected chi connectivity index (χ0v) is 12.0. The molecule has 21 heavy (non-hydrogen) atoms. The van der Waals surface area contributed by atoms with Crippen molar-refractivity contribution >= 4 is 17.9 Å². The summed E-state index contributed by atoms with van der Waals surface area (Å²) in [5.41, 5.74) is 3.01. The summed E-state index contributed by atoms with van der Waals surface area (Å²) in [6, 6.07) is 19.5. The summed E-state index contributed by atoms with van der Waals surface area (Å²) in [6.45, 7) is 0.535. The average Bonchev–Trinajstić information content (AvgIpc) is 2.85. The Bertz CT molecular complexity index is 751. The van der Waals surface area contributed by atoms with Gasteiger partial charge in [0.2, 0.25) is 0 Å². The molecule has 0 radical (unpaired) electrons. The largest absolute Gasteiger partial charge is 0.298 e. The number of hydrogen-bond acceptors (Lipinski definition) is 2. The maximum absolute atomic E-state index is 11.3. The Kier molecular flexibility index (Phi) is 3.84. The van der Waals surface area contributed by atoms with E-state index in [0.717, 1.165) is 17.4 Å². The Morgan fingerprint density at radius 2 is 1.62 bits per heavy atom. The van der Waals surface area contributed by atoms with Gasteiger partial charge in [0.05, 0.1) is 12.1 Å². The fourth-order valence-corrected chi connectivity index (χ4v) is 2.46. The Morgan fingerprint density at radius 3 is 2.24 bits per heavy atom. The highest BCUT2D eigenvalue weighted by Crippen LogP contribution is 2.27. The van der Waals surface area contributed by atoms with Crippen LogP contribution in [0, 0.1) is 0 Å². The maximum Gasteiger partial charge on any atom is 0.155 e. The number of benzene rings is 2. The maximum atomic E-state index is 11.3. The van der Waals surface area contributed by atoms with Crippen LogP contribution in [-0.4, -0.2) is 16.1 Å². The highest BCUT2D eigenvalue weighted by atomic mass is 35.5. The normalized spacial score (nSPS) is 10.5. The number of rotatable bonds is 4. The van der Waals surface area contributed by atoms with Crippen molar-refractivity contribution in [3.05, 3.63) is 76.9 Å². The third-order valence-electron chi connectivity index (χ3n) is 3.26. The summed E-state index contributed by atoms with van der Waals surface area (Å²) in [7, 11) is 0. The molecular formula is C17H13ClN2O. The molecule has 3 aromatic rings. The van der Waals surface area contributed by atoms with E-state index in [9.17, 15) is 4.79 Å². The Hall–Kier alpha value is -2.39. The number of nitrogens with zero attached hydrogens (tertiary/aromatic N) is 2. The van der Waals surface area contributed by atoms with E-state index in [2.05, 4.69) is 5.10 Å². The first-order valence-electron chi connectivity index (χ1n) is 6.60. The predicted molar refractivity (Wildman–Crippen MR) is 83.6 cm³/mol. The van der Waals surface area contributed by atoms with Crippen molar-refractivity contribution in [3.63, 3.8) is 0 Å². The smallest absolute Gasteiger partial charge is 0.155 e. The third kappa shape index (κ3) is 2.73. The quantitative estimate of drug-likeness (QED) is 0.680. The lowest BCUT2D eigenvalue weighted by Crippen LogP contribution is -2.01. The second-order valence-corrected chi connectivity index (χ2v) is 5.04. The molecule has 0 unspecified atom stereocenters. The molecule has 1 heterocycles. The standard InChI is InChI=1S/C17H13ClN2O/c18-17-15(12-21)16(14-9-5-2-6-10-14)19-20(17)11-13-7-3-1-4-8-13/h1-10,12H,11H2. The van der Waals surface area contributed by atoms with Crippen LogP contribution in [-0.2, 0) is 6.54 Å². The average molecular weight is 297 g/mol. The predicted octanol–water partition coefficient (Wildman–Crippen LogP) is 4.06. The molecular weight excluding hydrogens is 284 g/mol. The minimum atomic E-state index is 0.368. The fraction of sp³-hybridized carbons (Fsp3) is 0.0588. The van der Waals surface area contributed by atoms with Gasteiger partial charge in [0.15, 0.2) is 6.29 Å². The van der Waals surface area contributed by atoms with Gasteiger partial charge in [0.1, 0.15) is 10.8 Å². The fourth-order valence-electron chi connectivity index (χ4n) is 2.23. The molecule has 104 valence electrons. The van der Waals surface area contributed by atoms with Gasteiger partial charge >= 0.3 is 0 Å². The molecule has 2 aromatic carbocycles. The summed E-state index contributed by atoms with van der Waals surface area (Å²) in [6.07, 6.45) is 0.763. The first-order valence-corrected chi connectivity index (χ1v) is 6.98. The van der Waals surface area contributed by atoms with Crippen LogP contribution in [0.5, 0.6) is 0 Å². The lowest BCUT2D eigenvalue weighted by molar-refractivity contribution is 0.112. The number of hydrogen-bond donors (Lipinski definition) is 0. The molecule has 0 spiro atoms. The summed E-state index contributed by atoms with van der Waals surface area (Å²) in [5.74, 6) is 0. The van der Waals surface area contributed by atoms with E-state index in [4.69, 9.17) is 11.6 Å². The van der Waals surface area contributed by atoms with Crippen LogP contribution in [0.1, 0.15) is 15.9 Å². The Labute approximate surface area is 127 Å². The SMILES string of the molecule is O=Cc1c(-c2ccccc2)nn(Cc2ccccc2)c1Cl. The lowest BCUT2D eigenvalue weighted by Gasteiger charge is -2.02. The molecule has 0 bridgehead atoms. The van der Waals surface area contributed by atoms with Gasteiger partial charge in [-0.25, -0.2) is 4.68 Å². The molecule has 0 aliphatic carbocycles. The summed E-state index contributed by atoms with van der Waals surface area (Å²) >= 11 is 6.30. The Morgan fingerprint density at radius 1 is 1.00 bits per heavy atom. The van der Waals surface area contributed by atoms with Crippen molar-refractivity contribution in [1.82, 2.24) is 9.78 Å². The molecule has 0 saturated heterocycles. The highest BCUT2D eigenvalue weighted by Gasteiger charge is 2.17. The van der Waals surface area contributed by atoms with Crippen LogP contribution in [0.4, 0.5) is 0 Å². The van der Waals surface area contributed by atoms with Gasteiger partial charge in [-0.1, -0.05) is 72.3 Å².